The highest BCUT2D eigenvalue weighted by Gasteiger charge is 2.21. The molecule has 0 aliphatic carbocycles. The third kappa shape index (κ3) is 6.74. The molecule has 1 N–H and O–H groups in total. The third-order valence-electron chi connectivity index (χ3n) is 3.08. The van der Waals surface area contributed by atoms with E-state index < -0.39 is 48.1 Å². The normalized spacial score (nSPS) is 33.2. The molecule has 0 spiro atoms. The average molecular weight is 340 g/mol. The standard InChI is InChI=1S/C16H20O8/c1-9-8-16(21)24-11(3)13(18)5-7-15(20)23-10(2)12(17)4-6-14(19)22-9/h4-7,9-12,17H,8H2,1-3H3/b6-4+,7-5+/t9-,10+,11+,12+/m1/s1. The number of ketones is 1. The van der Waals surface area contributed by atoms with Gasteiger partial charge in [-0.1, -0.05) is 0 Å². The van der Waals surface area contributed by atoms with E-state index in [0.29, 0.717) is 0 Å². The molecule has 0 unspecified atom stereocenters. The van der Waals surface area contributed by atoms with Crippen LogP contribution in [0.2, 0.25) is 0 Å². The van der Waals surface area contributed by atoms with Crippen LogP contribution >= 0.6 is 0 Å². The molecule has 4 atom stereocenters. The van der Waals surface area contributed by atoms with Crippen molar-refractivity contribution in [2.45, 2.75) is 51.6 Å². The second kappa shape index (κ2) is 8.97. The van der Waals surface area contributed by atoms with Crippen molar-refractivity contribution in [1.29, 1.82) is 0 Å². The van der Waals surface area contributed by atoms with E-state index in [-0.39, 0.29) is 6.42 Å². The van der Waals surface area contributed by atoms with Crippen molar-refractivity contribution in [2.75, 3.05) is 0 Å². The molecule has 132 valence electrons. The SMILES string of the molecule is C[C@@H]1CC(=O)O[C@@H](C)C(=O)/C=C/C(=O)O[C@@H](C)[C@@H](O)/C=C/C(=O)O1. The molecule has 0 amide bonds. The van der Waals surface area contributed by atoms with Gasteiger partial charge in [0.25, 0.3) is 0 Å². The van der Waals surface area contributed by atoms with Gasteiger partial charge in [0.1, 0.15) is 18.3 Å². The summed E-state index contributed by atoms with van der Waals surface area (Å²) in [5.41, 5.74) is 0. The minimum absolute atomic E-state index is 0.234. The Balaban J connectivity index is 2.93. The van der Waals surface area contributed by atoms with Crippen molar-refractivity contribution >= 4 is 23.7 Å². The predicted molar refractivity (Wildman–Crippen MR) is 80.6 cm³/mol. The van der Waals surface area contributed by atoms with Crippen molar-refractivity contribution in [3.63, 3.8) is 0 Å². The lowest BCUT2D eigenvalue weighted by Gasteiger charge is -2.17. The first-order valence-corrected chi connectivity index (χ1v) is 7.38. The number of hydrogen-bond acceptors (Lipinski definition) is 8. The fraction of sp³-hybridized carbons (Fsp3) is 0.500. The van der Waals surface area contributed by atoms with Gasteiger partial charge >= 0.3 is 17.9 Å². The summed E-state index contributed by atoms with van der Waals surface area (Å²) in [4.78, 5) is 46.6. The molecule has 1 heterocycles. The molecule has 0 bridgehead atoms. The Labute approximate surface area is 139 Å². The third-order valence-corrected chi connectivity index (χ3v) is 3.08. The van der Waals surface area contributed by atoms with Crippen molar-refractivity contribution < 1.29 is 38.5 Å². The summed E-state index contributed by atoms with van der Waals surface area (Å²) < 4.78 is 14.7. The van der Waals surface area contributed by atoms with Gasteiger partial charge in [-0.25, -0.2) is 9.59 Å². The van der Waals surface area contributed by atoms with Gasteiger partial charge in [-0.05, 0) is 32.9 Å². The number of rotatable bonds is 0. The number of ether oxygens (including phenoxy) is 3. The van der Waals surface area contributed by atoms with Crippen LogP contribution < -0.4 is 0 Å². The van der Waals surface area contributed by atoms with Crippen LogP contribution in [0.4, 0.5) is 0 Å². The molecule has 1 aliphatic heterocycles. The van der Waals surface area contributed by atoms with Crippen LogP contribution in [0, 0.1) is 0 Å². The van der Waals surface area contributed by atoms with Crippen LogP contribution in [-0.4, -0.2) is 53.2 Å². The van der Waals surface area contributed by atoms with Gasteiger partial charge in [-0.3, -0.25) is 9.59 Å². The Kier molecular flexibility index (Phi) is 7.31. The van der Waals surface area contributed by atoms with Crippen LogP contribution in [0.5, 0.6) is 0 Å². The number of cyclic esters (lactones) is 3. The highest BCUT2D eigenvalue weighted by molar-refractivity contribution is 5.99. The average Bonchev–Trinajstić information content (AvgIpc) is 2.48. The molecule has 0 aromatic rings. The second-order valence-corrected chi connectivity index (χ2v) is 5.31. The van der Waals surface area contributed by atoms with Gasteiger partial charge in [0, 0.05) is 12.2 Å². The topological polar surface area (TPSA) is 116 Å². The van der Waals surface area contributed by atoms with Crippen LogP contribution in [0.15, 0.2) is 24.3 Å². The molecule has 0 fully saturated rings. The Morgan fingerprint density at radius 2 is 1.54 bits per heavy atom. The largest absolute Gasteiger partial charge is 0.459 e. The van der Waals surface area contributed by atoms with Gasteiger partial charge in [0.2, 0.25) is 0 Å². The molecule has 0 radical (unpaired) electrons. The van der Waals surface area contributed by atoms with Gasteiger partial charge < -0.3 is 19.3 Å². The van der Waals surface area contributed by atoms with Crippen LogP contribution in [0.1, 0.15) is 27.2 Å². The molecular formula is C16H20O8. The summed E-state index contributed by atoms with van der Waals surface area (Å²) in [6.07, 6.45) is -0.388. The summed E-state index contributed by atoms with van der Waals surface area (Å²) in [5.74, 6) is -2.96. The van der Waals surface area contributed by atoms with Gasteiger partial charge in [-0.15, -0.1) is 0 Å². The number of esters is 3. The molecule has 0 aromatic heterocycles. The maximum Gasteiger partial charge on any atom is 0.331 e. The summed E-state index contributed by atoms with van der Waals surface area (Å²) in [5, 5.41) is 9.79. The fourth-order valence-electron chi connectivity index (χ4n) is 1.73. The minimum Gasteiger partial charge on any atom is -0.459 e. The van der Waals surface area contributed by atoms with Crippen LogP contribution in [0.3, 0.4) is 0 Å². The molecule has 0 aromatic carbocycles. The molecule has 1 aliphatic rings. The van der Waals surface area contributed by atoms with Crippen molar-refractivity contribution in [3.05, 3.63) is 24.3 Å². The summed E-state index contributed by atoms with van der Waals surface area (Å²) >= 11 is 0. The fourth-order valence-corrected chi connectivity index (χ4v) is 1.73. The second-order valence-electron chi connectivity index (χ2n) is 5.31. The van der Waals surface area contributed by atoms with E-state index in [2.05, 4.69) is 0 Å². The Morgan fingerprint density at radius 1 is 0.917 bits per heavy atom. The highest BCUT2D eigenvalue weighted by Crippen LogP contribution is 2.07. The first-order chi connectivity index (χ1) is 11.2. The molecule has 8 heteroatoms. The zero-order valence-electron chi connectivity index (χ0n) is 13.6. The van der Waals surface area contributed by atoms with E-state index in [1.54, 1.807) is 0 Å². The minimum atomic E-state index is -1.24. The molecule has 24 heavy (non-hydrogen) atoms. The summed E-state index contributed by atoms with van der Waals surface area (Å²) in [7, 11) is 0. The van der Waals surface area contributed by atoms with E-state index in [4.69, 9.17) is 14.2 Å². The summed E-state index contributed by atoms with van der Waals surface area (Å²) in [6.45, 7) is 4.26. The van der Waals surface area contributed by atoms with E-state index >= 15 is 0 Å². The molecule has 1 rings (SSSR count). The number of aliphatic hydroxyl groups is 1. The van der Waals surface area contributed by atoms with E-state index in [1.807, 2.05) is 0 Å². The van der Waals surface area contributed by atoms with Gasteiger partial charge in [-0.2, -0.15) is 0 Å². The monoisotopic (exact) mass is 340 g/mol. The molecular weight excluding hydrogens is 320 g/mol. The van der Waals surface area contributed by atoms with Crippen molar-refractivity contribution in [2.24, 2.45) is 0 Å². The van der Waals surface area contributed by atoms with E-state index in [0.717, 1.165) is 24.3 Å². The lowest BCUT2D eigenvalue weighted by molar-refractivity contribution is -0.157. The lowest BCUT2D eigenvalue weighted by Crippen LogP contribution is -2.28. The number of hydrogen-bond donors (Lipinski definition) is 1. The highest BCUT2D eigenvalue weighted by atomic mass is 16.6. The smallest absolute Gasteiger partial charge is 0.331 e. The maximum absolute atomic E-state index is 11.8. The zero-order valence-corrected chi connectivity index (χ0v) is 13.6. The maximum atomic E-state index is 11.8. The number of carbonyl (C=O) groups excluding carboxylic acids is 4. The van der Waals surface area contributed by atoms with Crippen molar-refractivity contribution in [1.82, 2.24) is 0 Å². The molecule has 0 saturated heterocycles. The molecule has 0 saturated carbocycles. The van der Waals surface area contributed by atoms with Crippen LogP contribution in [-0.2, 0) is 33.4 Å². The first kappa shape index (κ1) is 19.6. The molecule has 8 nitrogen and oxygen atoms in total. The lowest BCUT2D eigenvalue weighted by atomic mass is 10.2. The Bertz CT molecular complexity index is 562. The Morgan fingerprint density at radius 3 is 2.21 bits per heavy atom. The van der Waals surface area contributed by atoms with Crippen molar-refractivity contribution in [3.8, 4) is 0 Å². The predicted octanol–water partition coefficient (Wildman–Crippen LogP) is 0.228. The number of aliphatic hydroxyl groups excluding tert-OH is 1. The quantitative estimate of drug-likeness (QED) is 0.492. The zero-order chi connectivity index (χ0) is 18.3. The number of carbonyl (C=O) groups is 4. The first-order valence-electron chi connectivity index (χ1n) is 7.38. The van der Waals surface area contributed by atoms with E-state index in [9.17, 15) is 24.3 Å². The summed E-state index contributed by atoms with van der Waals surface area (Å²) in [6, 6.07) is 0. The van der Waals surface area contributed by atoms with Gasteiger partial charge in [0.15, 0.2) is 11.9 Å². The van der Waals surface area contributed by atoms with E-state index in [1.165, 1.54) is 20.8 Å². The Hall–Kier alpha value is -2.48. The van der Waals surface area contributed by atoms with Crippen LogP contribution in [0.25, 0.3) is 0 Å². The van der Waals surface area contributed by atoms with Gasteiger partial charge in [0.05, 0.1) is 6.42 Å².